The normalized spacial score (nSPS) is 15.0. The summed E-state index contributed by atoms with van der Waals surface area (Å²) in [6.45, 7) is 2.68. The number of sulfonamides is 1. The predicted molar refractivity (Wildman–Crippen MR) is 121 cm³/mol. The molecule has 1 heterocycles. The molecule has 0 atom stereocenters. The molecule has 0 spiro atoms. The minimum atomic E-state index is -3.82. The van der Waals surface area contributed by atoms with E-state index in [1.807, 2.05) is 0 Å². The predicted octanol–water partition coefficient (Wildman–Crippen LogP) is 3.61. The highest BCUT2D eigenvalue weighted by molar-refractivity contribution is 7.89. The van der Waals surface area contributed by atoms with Crippen LogP contribution in [-0.2, 0) is 14.8 Å². The molecule has 1 aliphatic rings. The van der Waals surface area contributed by atoms with Gasteiger partial charge in [0.05, 0.1) is 19.8 Å². The summed E-state index contributed by atoms with van der Waals surface area (Å²) in [7, 11) is -1.14. The smallest absolute Gasteiger partial charge is 0.337 e. The van der Waals surface area contributed by atoms with Crippen molar-refractivity contribution in [3.63, 3.8) is 0 Å². The number of methoxy groups -OCH3 is 2. The molecular weight excluding hydrogens is 432 g/mol. The maximum absolute atomic E-state index is 13.3. The largest absolute Gasteiger partial charge is 0.495 e. The van der Waals surface area contributed by atoms with Crippen LogP contribution in [0.2, 0.25) is 0 Å². The Labute approximate surface area is 188 Å². The summed E-state index contributed by atoms with van der Waals surface area (Å²) in [4.78, 5) is 24.7. The number of nitrogens with zero attached hydrogens (tertiary/aromatic N) is 1. The van der Waals surface area contributed by atoms with E-state index >= 15 is 0 Å². The third-order valence-corrected chi connectivity index (χ3v) is 7.44. The van der Waals surface area contributed by atoms with Crippen molar-refractivity contribution in [2.45, 2.75) is 37.5 Å². The molecule has 0 aliphatic carbocycles. The topological polar surface area (TPSA) is 102 Å². The van der Waals surface area contributed by atoms with Crippen LogP contribution in [-0.4, -0.2) is 51.9 Å². The number of ether oxygens (including phenoxy) is 2. The highest BCUT2D eigenvalue weighted by Crippen LogP contribution is 2.30. The number of hydrogen-bond acceptors (Lipinski definition) is 6. The Hall–Kier alpha value is -2.91. The van der Waals surface area contributed by atoms with Crippen molar-refractivity contribution in [3.8, 4) is 5.75 Å². The van der Waals surface area contributed by atoms with E-state index in [4.69, 9.17) is 9.47 Å². The fourth-order valence-corrected chi connectivity index (χ4v) is 5.34. The number of carbonyl (C=O) groups is 2. The van der Waals surface area contributed by atoms with Crippen molar-refractivity contribution in [3.05, 3.63) is 53.1 Å². The summed E-state index contributed by atoms with van der Waals surface area (Å²) >= 11 is 0. The van der Waals surface area contributed by atoms with E-state index in [9.17, 15) is 18.0 Å². The first-order valence-corrected chi connectivity index (χ1v) is 11.9. The van der Waals surface area contributed by atoms with Crippen LogP contribution in [0.15, 0.2) is 41.3 Å². The molecule has 8 nitrogen and oxygen atoms in total. The molecule has 0 bridgehead atoms. The van der Waals surface area contributed by atoms with Gasteiger partial charge in [0, 0.05) is 24.3 Å². The molecule has 0 saturated carbocycles. The summed E-state index contributed by atoms with van der Waals surface area (Å²) < 4.78 is 38.1. The highest BCUT2D eigenvalue weighted by atomic mass is 32.2. The average Bonchev–Trinajstić information content (AvgIpc) is 3.09. The van der Waals surface area contributed by atoms with Crippen molar-refractivity contribution in [2.24, 2.45) is 0 Å². The van der Waals surface area contributed by atoms with Gasteiger partial charge in [-0.2, -0.15) is 4.31 Å². The lowest BCUT2D eigenvalue weighted by molar-refractivity contribution is 0.0600. The van der Waals surface area contributed by atoms with Gasteiger partial charge in [0.2, 0.25) is 10.0 Å². The maximum Gasteiger partial charge on any atom is 0.337 e. The minimum absolute atomic E-state index is 0.0328. The number of anilines is 1. The van der Waals surface area contributed by atoms with E-state index in [0.29, 0.717) is 24.3 Å². The molecule has 1 aliphatic heterocycles. The van der Waals surface area contributed by atoms with Crippen molar-refractivity contribution >= 4 is 27.6 Å². The van der Waals surface area contributed by atoms with Gasteiger partial charge in [0.25, 0.3) is 5.91 Å². The van der Waals surface area contributed by atoms with Gasteiger partial charge in [0.1, 0.15) is 10.6 Å². The molecule has 0 unspecified atom stereocenters. The fraction of sp³-hybridized carbons (Fsp3) is 0.391. The van der Waals surface area contributed by atoms with Gasteiger partial charge < -0.3 is 14.8 Å². The van der Waals surface area contributed by atoms with E-state index in [0.717, 1.165) is 31.2 Å². The molecule has 1 fully saturated rings. The van der Waals surface area contributed by atoms with Crippen LogP contribution in [0.4, 0.5) is 5.69 Å². The van der Waals surface area contributed by atoms with Crippen LogP contribution in [0.5, 0.6) is 5.75 Å². The Morgan fingerprint density at radius 3 is 2.22 bits per heavy atom. The van der Waals surface area contributed by atoms with E-state index in [1.165, 1.54) is 42.8 Å². The van der Waals surface area contributed by atoms with E-state index in [1.54, 1.807) is 19.1 Å². The molecule has 9 heteroatoms. The van der Waals surface area contributed by atoms with Gasteiger partial charge in [-0.25, -0.2) is 13.2 Å². The Morgan fingerprint density at radius 2 is 1.59 bits per heavy atom. The number of nitrogens with one attached hydrogen (secondary N) is 1. The molecule has 32 heavy (non-hydrogen) atoms. The summed E-state index contributed by atoms with van der Waals surface area (Å²) in [5, 5.41) is 2.76. The Bertz CT molecular complexity index is 1110. The van der Waals surface area contributed by atoms with E-state index in [2.05, 4.69) is 5.32 Å². The van der Waals surface area contributed by atoms with Gasteiger partial charge in [-0.3, -0.25) is 4.79 Å². The van der Waals surface area contributed by atoms with Gasteiger partial charge in [-0.15, -0.1) is 0 Å². The summed E-state index contributed by atoms with van der Waals surface area (Å²) in [6, 6.07) is 9.17. The molecule has 1 N–H and O–H groups in total. The molecule has 2 aromatic rings. The van der Waals surface area contributed by atoms with Crippen LogP contribution in [0.3, 0.4) is 0 Å². The van der Waals surface area contributed by atoms with Crippen molar-refractivity contribution in [1.29, 1.82) is 0 Å². The molecule has 0 radical (unpaired) electrons. The lowest BCUT2D eigenvalue weighted by Gasteiger charge is -2.21. The second-order valence-corrected chi connectivity index (χ2v) is 9.57. The number of benzene rings is 2. The lowest BCUT2D eigenvalue weighted by atomic mass is 10.1. The van der Waals surface area contributed by atoms with E-state index < -0.39 is 21.9 Å². The number of esters is 1. The number of hydrogen-bond donors (Lipinski definition) is 1. The second-order valence-electron chi connectivity index (χ2n) is 7.66. The molecule has 1 amide bonds. The van der Waals surface area contributed by atoms with Crippen LogP contribution < -0.4 is 10.1 Å². The SMILES string of the molecule is COC(=O)c1ccc(C)c(NC(=O)c2ccc(OC)c(S(=O)(=O)N3CCCCCC3)c2)c1. The molecule has 1 saturated heterocycles. The molecular formula is C23H28N2O6S. The lowest BCUT2D eigenvalue weighted by Crippen LogP contribution is -2.32. The first-order chi connectivity index (χ1) is 15.3. The zero-order valence-electron chi connectivity index (χ0n) is 18.5. The Balaban J connectivity index is 1.93. The first kappa shape index (κ1) is 23.7. The van der Waals surface area contributed by atoms with Crippen molar-refractivity contribution in [1.82, 2.24) is 4.31 Å². The van der Waals surface area contributed by atoms with Crippen LogP contribution in [0.1, 0.15) is 52.0 Å². The number of rotatable bonds is 6. The second kappa shape index (κ2) is 10.1. The summed E-state index contributed by atoms with van der Waals surface area (Å²) in [6.07, 6.45) is 3.60. The molecule has 2 aromatic carbocycles. The zero-order valence-corrected chi connectivity index (χ0v) is 19.3. The number of amides is 1. The third-order valence-electron chi connectivity index (χ3n) is 5.52. The van der Waals surface area contributed by atoms with Crippen molar-refractivity contribution in [2.75, 3.05) is 32.6 Å². The number of aryl methyl sites for hydroxylation is 1. The van der Waals surface area contributed by atoms with Gasteiger partial charge in [0.15, 0.2) is 0 Å². The summed E-state index contributed by atoms with van der Waals surface area (Å²) in [5.74, 6) is -0.824. The monoisotopic (exact) mass is 460 g/mol. The van der Waals surface area contributed by atoms with Crippen molar-refractivity contribution < 1.29 is 27.5 Å². The first-order valence-electron chi connectivity index (χ1n) is 10.5. The molecule has 3 rings (SSSR count). The average molecular weight is 461 g/mol. The molecule has 172 valence electrons. The summed E-state index contributed by atoms with van der Waals surface area (Å²) in [5.41, 5.74) is 1.65. The van der Waals surface area contributed by atoms with Gasteiger partial charge >= 0.3 is 5.97 Å². The maximum atomic E-state index is 13.3. The van der Waals surface area contributed by atoms with Crippen LogP contribution in [0, 0.1) is 6.92 Å². The van der Waals surface area contributed by atoms with Crippen LogP contribution in [0.25, 0.3) is 0 Å². The molecule has 0 aromatic heterocycles. The fourth-order valence-electron chi connectivity index (χ4n) is 3.64. The van der Waals surface area contributed by atoms with Crippen LogP contribution >= 0.6 is 0 Å². The highest BCUT2D eigenvalue weighted by Gasteiger charge is 2.29. The van der Waals surface area contributed by atoms with E-state index in [-0.39, 0.29) is 16.2 Å². The van der Waals surface area contributed by atoms with Gasteiger partial charge in [-0.05, 0) is 55.7 Å². The minimum Gasteiger partial charge on any atom is -0.495 e. The number of carbonyl (C=O) groups excluding carboxylic acids is 2. The quantitative estimate of drug-likeness (QED) is 0.661. The standard InChI is InChI=1S/C23H28N2O6S/c1-16-8-9-18(23(27)31-3)14-19(16)24-22(26)17-10-11-20(30-2)21(15-17)32(28,29)25-12-6-4-5-7-13-25/h8-11,14-15H,4-7,12-13H2,1-3H3,(H,24,26). The van der Waals surface area contributed by atoms with Gasteiger partial charge in [-0.1, -0.05) is 18.9 Å². The Kier molecular flexibility index (Phi) is 7.52. The zero-order chi connectivity index (χ0) is 23.3. The Morgan fingerprint density at radius 1 is 0.938 bits per heavy atom. The third kappa shape index (κ3) is 5.11.